The third kappa shape index (κ3) is 4.35. The number of nitrogens with zero attached hydrogens (tertiary/aromatic N) is 1. The normalized spacial score (nSPS) is 10.2. The van der Waals surface area contributed by atoms with Gasteiger partial charge in [-0.1, -0.05) is 30.3 Å². The number of carbonyl (C=O) groups excluding carboxylic acids is 1. The third-order valence-electron chi connectivity index (χ3n) is 3.92. The van der Waals surface area contributed by atoms with Crippen LogP contribution in [-0.4, -0.2) is 11.0 Å². The van der Waals surface area contributed by atoms with Gasteiger partial charge in [0.15, 0.2) is 0 Å². The smallest absolute Gasteiger partial charge is 0.324 e. The Kier molecular flexibility index (Phi) is 4.95. The van der Waals surface area contributed by atoms with E-state index in [1.165, 1.54) is 11.1 Å². The van der Waals surface area contributed by atoms with E-state index < -0.39 is 0 Å². The molecular formula is C20H20N4O. The van der Waals surface area contributed by atoms with E-state index in [1.807, 2.05) is 48.5 Å². The Hall–Kier alpha value is -3.34. The molecule has 0 fully saturated rings. The molecule has 0 radical (unpaired) electrons. The van der Waals surface area contributed by atoms with Gasteiger partial charge in [-0.2, -0.15) is 0 Å². The Morgan fingerprint density at radius 3 is 2.36 bits per heavy atom. The first-order valence-electron chi connectivity index (χ1n) is 8.04. The van der Waals surface area contributed by atoms with Gasteiger partial charge in [0, 0.05) is 11.4 Å². The van der Waals surface area contributed by atoms with Gasteiger partial charge in [-0.15, -0.1) is 0 Å². The van der Waals surface area contributed by atoms with Gasteiger partial charge >= 0.3 is 6.03 Å². The lowest BCUT2D eigenvalue weighted by molar-refractivity contribution is 0.262. The number of pyridine rings is 1. The molecule has 0 atom stereocenters. The Balaban J connectivity index is 1.62. The van der Waals surface area contributed by atoms with Crippen molar-refractivity contribution in [3.05, 3.63) is 78.0 Å². The first-order valence-corrected chi connectivity index (χ1v) is 8.04. The fraction of sp³-hybridized carbons (Fsp3) is 0.100. The highest BCUT2D eigenvalue weighted by Gasteiger charge is 2.05. The van der Waals surface area contributed by atoms with Crippen LogP contribution in [0.15, 0.2) is 66.9 Å². The minimum absolute atomic E-state index is 0.325. The lowest BCUT2D eigenvalue weighted by atomic mass is 10.1. The summed E-state index contributed by atoms with van der Waals surface area (Å²) in [6.07, 6.45) is 1.69. The molecule has 1 heterocycles. The molecule has 0 saturated carbocycles. The molecule has 0 aliphatic heterocycles. The van der Waals surface area contributed by atoms with E-state index in [1.54, 1.807) is 12.3 Å². The molecule has 5 nitrogen and oxygen atoms in total. The number of hydrogen-bond acceptors (Lipinski definition) is 3. The predicted octanol–water partition coefficient (Wildman–Crippen LogP) is 5.09. The van der Waals surface area contributed by atoms with Crippen LogP contribution in [0.4, 0.5) is 27.7 Å². The summed E-state index contributed by atoms with van der Waals surface area (Å²) in [5, 5.41) is 8.81. The molecule has 3 N–H and O–H groups in total. The van der Waals surface area contributed by atoms with Crippen molar-refractivity contribution in [2.75, 3.05) is 16.0 Å². The van der Waals surface area contributed by atoms with E-state index in [2.05, 4.69) is 40.8 Å². The number of aromatic nitrogens is 1. The fourth-order valence-electron chi connectivity index (χ4n) is 2.38. The van der Waals surface area contributed by atoms with Crippen LogP contribution in [0.5, 0.6) is 0 Å². The number of rotatable bonds is 4. The highest BCUT2D eigenvalue weighted by Crippen LogP contribution is 2.22. The maximum atomic E-state index is 12.0. The van der Waals surface area contributed by atoms with Gasteiger partial charge in [0.2, 0.25) is 0 Å². The molecule has 0 aliphatic rings. The van der Waals surface area contributed by atoms with Crippen LogP contribution < -0.4 is 16.0 Å². The van der Waals surface area contributed by atoms with Crippen LogP contribution in [-0.2, 0) is 0 Å². The minimum atomic E-state index is -0.325. The largest absolute Gasteiger partial charge is 0.354 e. The number of carbonyl (C=O) groups is 1. The van der Waals surface area contributed by atoms with E-state index in [-0.39, 0.29) is 6.03 Å². The Morgan fingerprint density at radius 1 is 0.840 bits per heavy atom. The van der Waals surface area contributed by atoms with E-state index >= 15 is 0 Å². The zero-order valence-corrected chi connectivity index (χ0v) is 14.2. The van der Waals surface area contributed by atoms with Crippen LogP contribution in [0.2, 0.25) is 0 Å². The summed E-state index contributed by atoms with van der Waals surface area (Å²) in [6, 6.07) is 18.7. The third-order valence-corrected chi connectivity index (χ3v) is 3.92. The Morgan fingerprint density at radius 2 is 1.64 bits per heavy atom. The van der Waals surface area contributed by atoms with Crippen LogP contribution in [0, 0.1) is 13.8 Å². The van der Waals surface area contributed by atoms with Gasteiger partial charge in [-0.05, 0) is 55.3 Å². The molecule has 1 aromatic heterocycles. The molecule has 0 unspecified atom stereocenters. The van der Waals surface area contributed by atoms with Crippen molar-refractivity contribution in [1.29, 1.82) is 0 Å². The SMILES string of the molecule is Cc1cccc(Nc2ccc(NC(=O)Nc3ccccc3)nc2)c1C. The zero-order valence-electron chi connectivity index (χ0n) is 14.2. The molecular weight excluding hydrogens is 312 g/mol. The van der Waals surface area contributed by atoms with Crippen molar-refractivity contribution in [2.24, 2.45) is 0 Å². The van der Waals surface area contributed by atoms with Crippen molar-refractivity contribution < 1.29 is 4.79 Å². The molecule has 0 saturated heterocycles. The second kappa shape index (κ2) is 7.49. The summed E-state index contributed by atoms with van der Waals surface area (Å²) in [5.41, 5.74) is 5.07. The number of anilines is 4. The summed E-state index contributed by atoms with van der Waals surface area (Å²) in [4.78, 5) is 16.2. The van der Waals surface area contributed by atoms with Gasteiger partial charge < -0.3 is 10.6 Å². The Bertz CT molecular complexity index is 861. The van der Waals surface area contributed by atoms with Gasteiger partial charge in [0.1, 0.15) is 5.82 Å². The molecule has 2 amide bonds. The topological polar surface area (TPSA) is 66.0 Å². The standard InChI is InChI=1S/C20H20N4O/c1-14-7-6-10-18(15(14)2)22-17-11-12-19(21-13-17)24-20(25)23-16-8-4-3-5-9-16/h3-13,22H,1-2H3,(H2,21,23,24,25). The lowest BCUT2D eigenvalue weighted by Crippen LogP contribution is -2.19. The summed E-state index contributed by atoms with van der Waals surface area (Å²) < 4.78 is 0. The highest BCUT2D eigenvalue weighted by molar-refractivity contribution is 5.99. The van der Waals surface area contributed by atoms with E-state index in [4.69, 9.17) is 0 Å². The van der Waals surface area contributed by atoms with E-state index in [0.717, 1.165) is 17.1 Å². The highest BCUT2D eigenvalue weighted by atomic mass is 16.2. The molecule has 0 spiro atoms. The molecule has 3 aromatic rings. The number of hydrogen-bond donors (Lipinski definition) is 3. The maximum absolute atomic E-state index is 12.0. The second-order valence-corrected chi connectivity index (χ2v) is 5.75. The number of urea groups is 1. The van der Waals surface area contributed by atoms with Gasteiger partial charge in [-0.25, -0.2) is 9.78 Å². The summed E-state index contributed by atoms with van der Waals surface area (Å²) in [5.74, 6) is 0.486. The van der Waals surface area contributed by atoms with Crippen LogP contribution in [0.1, 0.15) is 11.1 Å². The molecule has 3 rings (SSSR count). The van der Waals surface area contributed by atoms with Gasteiger partial charge in [0.05, 0.1) is 11.9 Å². The average Bonchev–Trinajstić information content (AvgIpc) is 2.61. The second-order valence-electron chi connectivity index (χ2n) is 5.75. The number of amides is 2. The quantitative estimate of drug-likeness (QED) is 0.624. The summed E-state index contributed by atoms with van der Waals surface area (Å²) in [6.45, 7) is 4.16. The molecule has 126 valence electrons. The van der Waals surface area contributed by atoms with E-state index in [0.29, 0.717) is 5.82 Å². The molecule has 0 aliphatic carbocycles. The number of aryl methyl sites for hydroxylation is 1. The van der Waals surface area contributed by atoms with Crippen molar-refractivity contribution in [1.82, 2.24) is 4.98 Å². The van der Waals surface area contributed by atoms with Crippen molar-refractivity contribution in [3.63, 3.8) is 0 Å². The average molecular weight is 332 g/mol. The zero-order chi connectivity index (χ0) is 17.6. The number of benzene rings is 2. The summed E-state index contributed by atoms with van der Waals surface area (Å²) in [7, 11) is 0. The van der Waals surface area contributed by atoms with Crippen molar-refractivity contribution in [2.45, 2.75) is 13.8 Å². The van der Waals surface area contributed by atoms with E-state index in [9.17, 15) is 4.79 Å². The Labute approximate surface area is 147 Å². The summed E-state index contributed by atoms with van der Waals surface area (Å²) >= 11 is 0. The van der Waals surface area contributed by atoms with Crippen molar-refractivity contribution in [3.8, 4) is 0 Å². The fourth-order valence-corrected chi connectivity index (χ4v) is 2.38. The number of para-hydroxylation sites is 1. The molecule has 25 heavy (non-hydrogen) atoms. The van der Waals surface area contributed by atoms with Crippen LogP contribution >= 0.6 is 0 Å². The van der Waals surface area contributed by atoms with Crippen molar-refractivity contribution >= 4 is 28.9 Å². The minimum Gasteiger partial charge on any atom is -0.354 e. The first-order chi connectivity index (χ1) is 12.1. The molecule has 2 aromatic carbocycles. The van der Waals surface area contributed by atoms with Crippen LogP contribution in [0.25, 0.3) is 0 Å². The van der Waals surface area contributed by atoms with Gasteiger partial charge in [-0.3, -0.25) is 5.32 Å². The lowest BCUT2D eigenvalue weighted by Gasteiger charge is -2.12. The monoisotopic (exact) mass is 332 g/mol. The first kappa shape index (κ1) is 16.5. The van der Waals surface area contributed by atoms with Crippen LogP contribution in [0.3, 0.4) is 0 Å². The molecule has 0 bridgehead atoms. The maximum Gasteiger partial charge on any atom is 0.324 e. The predicted molar refractivity (Wildman–Crippen MR) is 103 cm³/mol. The van der Waals surface area contributed by atoms with Gasteiger partial charge in [0.25, 0.3) is 0 Å². The molecule has 5 heteroatoms. The number of nitrogens with one attached hydrogen (secondary N) is 3.